The lowest BCUT2D eigenvalue weighted by Gasteiger charge is -2.21. The van der Waals surface area contributed by atoms with Crippen molar-refractivity contribution in [3.63, 3.8) is 0 Å². The highest BCUT2D eigenvalue weighted by Crippen LogP contribution is 2.33. The first-order valence-electron chi connectivity index (χ1n) is 6.77. The molecule has 0 saturated heterocycles. The van der Waals surface area contributed by atoms with Crippen molar-refractivity contribution in [3.05, 3.63) is 22.7 Å². The van der Waals surface area contributed by atoms with E-state index in [0.717, 1.165) is 5.56 Å². The van der Waals surface area contributed by atoms with Crippen molar-refractivity contribution < 1.29 is 19.9 Å². The number of methoxy groups -OCH3 is 1. The Morgan fingerprint density at radius 2 is 1.95 bits per heavy atom. The van der Waals surface area contributed by atoms with E-state index in [1.165, 1.54) is 0 Å². The maximum Gasteiger partial charge on any atom is 0.163 e. The molecule has 0 spiro atoms. The maximum absolute atomic E-state index is 9.28. The normalized spacial score (nSPS) is 11.8. The average Bonchev–Trinajstić information content (AvgIpc) is 2.37. The van der Waals surface area contributed by atoms with Gasteiger partial charge in [-0.3, -0.25) is 0 Å². The average molecular weight is 303 g/mol. The van der Waals surface area contributed by atoms with E-state index in [0.29, 0.717) is 23.1 Å². The second kappa shape index (κ2) is 7.16. The standard InChI is InChI=1S/C15H24ClNO3/c1-10(2)20-14-7-12(16)11(6-13(14)19-5)8-17-15(3,4)9-18/h6-7,10,17-18H,8-9H2,1-5H3/p+1. The van der Waals surface area contributed by atoms with Crippen LogP contribution in [-0.4, -0.2) is 30.5 Å². The van der Waals surface area contributed by atoms with Crippen LogP contribution < -0.4 is 14.8 Å². The highest BCUT2D eigenvalue weighted by Gasteiger charge is 2.21. The third kappa shape index (κ3) is 4.85. The van der Waals surface area contributed by atoms with Crippen molar-refractivity contribution in [2.45, 2.75) is 45.9 Å². The number of hydrogen-bond acceptors (Lipinski definition) is 3. The van der Waals surface area contributed by atoms with Crippen molar-refractivity contribution in [1.29, 1.82) is 0 Å². The molecular weight excluding hydrogens is 278 g/mol. The van der Waals surface area contributed by atoms with Crippen LogP contribution in [0.2, 0.25) is 5.02 Å². The van der Waals surface area contributed by atoms with E-state index in [-0.39, 0.29) is 18.2 Å². The molecule has 3 N–H and O–H groups in total. The first-order valence-corrected chi connectivity index (χ1v) is 7.15. The van der Waals surface area contributed by atoms with Crippen LogP contribution in [0.5, 0.6) is 11.5 Å². The summed E-state index contributed by atoms with van der Waals surface area (Å²) in [7, 11) is 1.61. The van der Waals surface area contributed by atoms with Gasteiger partial charge in [-0.15, -0.1) is 0 Å². The molecule has 0 amide bonds. The fraction of sp³-hybridized carbons (Fsp3) is 0.600. The van der Waals surface area contributed by atoms with Gasteiger partial charge in [0.1, 0.15) is 12.1 Å². The van der Waals surface area contributed by atoms with Gasteiger partial charge in [-0.1, -0.05) is 11.6 Å². The fourth-order valence-electron chi connectivity index (χ4n) is 1.69. The predicted molar refractivity (Wildman–Crippen MR) is 80.6 cm³/mol. The zero-order chi connectivity index (χ0) is 15.3. The molecule has 0 aromatic heterocycles. The van der Waals surface area contributed by atoms with Crippen molar-refractivity contribution in [1.82, 2.24) is 0 Å². The fourth-order valence-corrected chi connectivity index (χ4v) is 1.92. The van der Waals surface area contributed by atoms with E-state index >= 15 is 0 Å². The quantitative estimate of drug-likeness (QED) is 0.810. The molecule has 114 valence electrons. The first-order chi connectivity index (χ1) is 9.29. The molecule has 0 atom stereocenters. The van der Waals surface area contributed by atoms with Crippen molar-refractivity contribution in [2.24, 2.45) is 0 Å². The number of aliphatic hydroxyl groups is 1. The summed E-state index contributed by atoms with van der Waals surface area (Å²) in [4.78, 5) is 0. The molecular formula is C15H25ClNO3+. The molecule has 0 radical (unpaired) electrons. The lowest BCUT2D eigenvalue weighted by molar-refractivity contribution is -0.736. The molecule has 0 heterocycles. The Hall–Kier alpha value is -0.970. The number of quaternary nitrogens is 1. The van der Waals surface area contributed by atoms with Crippen molar-refractivity contribution in [2.75, 3.05) is 13.7 Å². The first kappa shape index (κ1) is 17.1. The monoisotopic (exact) mass is 302 g/mol. The van der Waals surface area contributed by atoms with Crippen LogP contribution in [0, 0.1) is 0 Å². The molecule has 0 aliphatic rings. The molecule has 0 unspecified atom stereocenters. The lowest BCUT2D eigenvalue weighted by atomic mass is 10.1. The van der Waals surface area contributed by atoms with Crippen LogP contribution in [0.15, 0.2) is 12.1 Å². The molecule has 1 aromatic rings. The van der Waals surface area contributed by atoms with Gasteiger partial charge in [-0.25, -0.2) is 0 Å². The lowest BCUT2D eigenvalue weighted by Crippen LogP contribution is -2.95. The Morgan fingerprint density at radius 1 is 1.30 bits per heavy atom. The summed E-state index contributed by atoms with van der Waals surface area (Å²) >= 11 is 6.30. The predicted octanol–water partition coefficient (Wildman–Crippen LogP) is 1.97. The minimum atomic E-state index is -0.232. The molecule has 0 bridgehead atoms. The Labute approximate surface area is 126 Å². The Balaban J connectivity index is 2.93. The van der Waals surface area contributed by atoms with Crippen LogP contribution in [0.3, 0.4) is 0 Å². The molecule has 0 aliphatic heterocycles. The van der Waals surface area contributed by atoms with Gasteiger partial charge in [0.25, 0.3) is 0 Å². The molecule has 1 rings (SSSR count). The number of benzene rings is 1. The minimum Gasteiger partial charge on any atom is -0.493 e. The number of halogens is 1. The van der Waals surface area contributed by atoms with Crippen LogP contribution in [0.1, 0.15) is 33.3 Å². The van der Waals surface area contributed by atoms with E-state index in [2.05, 4.69) is 5.32 Å². The van der Waals surface area contributed by atoms with E-state index in [4.69, 9.17) is 21.1 Å². The molecule has 4 nitrogen and oxygen atoms in total. The number of nitrogens with two attached hydrogens (primary N) is 1. The van der Waals surface area contributed by atoms with Crippen LogP contribution >= 0.6 is 11.6 Å². The Kier molecular flexibility index (Phi) is 6.11. The molecule has 1 aromatic carbocycles. The van der Waals surface area contributed by atoms with Crippen LogP contribution in [-0.2, 0) is 6.54 Å². The molecule has 5 heteroatoms. The summed E-state index contributed by atoms with van der Waals surface area (Å²) in [6.45, 7) is 8.65. The van der Waals surface area contributed by atoms with Gasteiger partial charge in [0.05, 0.1) is 24.8 Å². The van der Waals surface area contributed by atoms with Gasteiger partial charge in [-0.05, 0) is 33.8 Å². The SMILES string of the molecule is COc1cc(C[NH2+]C(C)(C)CO)c(Cl)cc1OC(C)C. The number of aliphatic hydroxyl groups excluding tert-OH is 1. The second-order valence-corrected chi connectivity index (χ2v) is 6.22. The van der Waals surface area contributed by atoms with Gasteiger partial charge < -0.3 is 19.9 Å². The van der Waals surface area contributed by atoms with E-state index in [1.807, 2.05) is 33.8 Å². The number of rotatable bonds is 7. The number of ether oxygens (including phenoxy) is 2. The third-order valence-electron chi connectivity index (χ3n) is 2.98. The van der Waals surface area contributed by atoms with E-state index < -0.39 is 0 Å². The van der Waals surface area contributed by atoms with Crippen molar-refractivity contribution >= 4 is 11.6 Å². The smallest absolute Gasteiger partial charge is 0.163 e. The third-order valence-corrected chi connectivity index (χ3v) is 3.33. The summed E-state index contributed by atoms with van der Waals surface area (Å²) < 4.78 is 11.0. The summed E-state index contributed by atoms with van der Waals surface area (Å²) in [6, 6.07) is 3.68. The van der Waals surface area contributed by atoms with Crippen LogP contribution in [0.4, 0.5) is 0 Å². The molecule has 0 aliphatic carbocycles. The topological polar surface area (TPSA) is 55.3 Å². The highest BCUT2D eigenvalue weighted by molar-refractivity contribution is 6.31. The van der Waals surface area contributed by atoms with Crippen LogP contribution in [0.25, 0.3) is 0 Å². The Bertz CT molecular complexity index is 447. The van der Waals surface area contributed by atoms with Gasteiger partial charge in [-0.2, -0.15) is 0 Å². The highest BCUT2D eigenvalue weighted by atomic mass is 35.5. The summed E-state index contributed by atoms with van der Waals surface area (Å²) in [5, 5.41) is 12.0. The zero-order valence-electron chi connectivity index (χ0n) is 12.9. The van der Waals surface area contributed by atoms with Crippen molar-refractivity contribution in [3.8, 4) is 11.5 Å². The van der Waals surface area contributed by atoms with E-state index in [1.54, 1.807) is 13.2 Å². The minimum absolute atomic E-state index is 0.0608. The number of hydrogen-bond donors (Lipinski definition) is 2. The van der Waals surface area contributed by atoms with Gasteiger partial charge >= 0.3 is 0 Å². The van der Waals surface area contributed by atoms with Gasteiger partial charge in [0.2, 0.25) is 0 Å². The largest absolute Gasteiger partial charge is 0.493 e. The van der Waals surface area contributed by atoms with Gasteiger partial charge in [0, 0.05) is 11.6 Å². The summed E-state index contributed by atoms with van der Waals surface area (Å²) in [5.74, 6) is 1.32. The molecule has 20 heavy (non-hydrogen) atoms. The maximum atomic E-state index is 9.28. The zero-order valence-corrected chi connectivity index (χ0v) is 13.6. The summed E-state index contributed by atoms with van der Waals surface area (Å²) in [5.41, 5.74) is 0.727. The van der Waals surface area contributed by atoms with Gasteiger partial charge in [0.15, 0.2) is 11.5 Å². The second-order valence-electron chi connectivity index (χ2n) is 5.82. The molecule has 0 saturated carbocycles. The summed E-state index contributed by atoms with van der Waals surface area (Å²) in [6.07, 6.45) is 0.0608. The van der Waals surface area contributed by atoms with E-state index in [9.17, 15) is 5.11 Å². The Morgan fingerprint density at radius 3 is 2.45 bits per heavy atom. The molecule has 0 fully saturated rings.